The van der Waals surface area contributed by atoms with E-state index < -0.39 is 0 Å². The summed E-state index contributed by atoms with van der Waals surface area (Å²) in [4.78, 5) is 4.32. The molecule has 2 aromatic rings. The van der Waals surface area contributed by atoms with Gasteiger partial charge < -0.3 is 5.73 Å². The first-order chi connectivity index (χ1) is 11.5. The number of rotatable bonds is 1. The molecule has 0 amide bonds. The third-order valence-electron chi connectivity index (χ3n) is 4.16. The maximum absolute atomic E-state index is 9.52. The van der Waals surface area contributed by atoms with E-state index in [1.807, 2.05) is 44.2 Å². The first-order valence-corrected chi connectivity index (χ1v) is 8.06. The first-order valence-electron chi connectivity index (χ1n) is 7.27. The lowest BCUT2D eigenvalue weighted by Crippen LogP contribution is -2.03. The second kappa shape index (κ2) is 5.96. The van der Waals surface area contributed by atoms with Crippen molar-refractivity contribution < 1.29 is 0 Å². The fraction of sp³-hybridized carbons (Fsp3) is 0.105. The Bertz CT molecular complexity index is 1000. The Hall–Kier alpha value is -2.89. The molecule has 24 heavy (non-hydrogen) atoms. The molecule has 0 saturated carbocycles. The van der Waals surface area contributed by atoms with Gasteiger partial charge in [0.05, 0.1) is 16.8 Å². The molecule has 0 bridgehead atoms. The van der Waals surface area contributed by atoms with Crippen molar-refractivity contribution in [2.45, 2.75) is 13.8 Å². The molecule has 0 spiro atoms. The molecule has 0 unspecified atom stereocenters. The quantitative estimate of drug-likeness (QED) is 0.795. The summed E-state index contributed by atoms with van der Waals surface area (Å²) in [7, 11) is 0. The predicted molar refractivity (Wildman–Crippen MR) is 98.3 cm³/mol. The van der Waals surface area contributed by atoms with Crippen LogP contribution in [0, 0.1) is 29.6 Å². The maximum Gasteiger partial charge on any atom is 0.142 e. The predicted octanol–water partition coefficient (Wildman–Crippen LogP) is 4.46. The number of allylic oxidation sites excluding steroid dienone is 3. The average Bonchev–Trinajstić information content (AvgIpc) is 2.81. The fourth-order valence-corrected chi connectivity index (χ4v) is 3.19. The van der Waals surface area contributed by atoms with Gasteiger partial charge in [-0.3, -0.25) is 0 Å². The van der Waals surface area contributed by atoms with E-state index in [0.717, 1.165) is 32.3 Å². The lowest BCUT2D eigenvalue weighted by molar-refractivity contribution is 1.22. The van der Waals surface area contributed by atoms with Gasteiger partial charge >= 0.3 is 0 Å². The van der Waals surface area contributed by atoms with Crippen molar-refractivity contribution in [2.24, 2.45) is 0 Å². The summed E-state index contributed by atoms with van der Waals surface area (Å²) in [6.07, 6.45) is 2.01. The number of nitrogen functional groups attached to an aromatic ring is 1. The Labute approximate surface area is 148 Å². The van der Waals surface area contributed by atoms with Gasteiger partial charge in [0.15, 0.2) is 0 Å². The molecule has 2 N–H and O–H groups in total. The van der Waals surface area contributed by atoms with E-state index in [-0.39, 0.29) is 5.82 Å². The van der Waals surface area contributed by atoms with Crippen LogP contribution in [-0.4, -0.2) is 4.98 Å². The van der Waals surface area contributed by atoms with Crippen LogP contribution in [0.25, 0.3) is 17.2 Å². The molecule has 0 saturated heterocycles. The molecule has 0 fully saturated rings. The van der Waals surface area contributed by atoms with Gasteiger partial charge in [0.25, 0.3) is 0 Å². The van der Waals surface area contributed by atoms with Crippen LogP contribution in [0.2, 0.25) is 0 Å². The number of benzene rings is 1. The zero-order valence-corrected chi connectivity index (χ0v) is 14.8. The Morgan fingerprint density at radius 1 is 1.12 bits per heavy atom. The Morgan fingerprint density at radius 3 is 2.38 bits per heavy atom. The number of hydrogen-bond donors (Lipinski definition) is 1. The Balaban J connectivity index is 2.31. The third-order valence-corrected chi connectivity index (χ3v) is 4.69. The summed E-state index contributed by atoms with van der Waals surface area (Å²) in [6.45, 7) is 3.74. The van der Waals surface area contributed by atoms with E-state index in [0.29, 0.717) is 16.8 Å². The highest BCUT2D eigenvalue weighted by atomic mass is 79.9. The van der Waals surface area contributed by atoms with Crippen molar-refractivity contribution in [3.8, 4) is 12.1 Å². The number of pyridine rings is 1. The van der Waals surface area contributed by atoms with Crippen LogP contribution in [-0.2, 0) is 0 Å². The second-order valence-electron chi connectivity index (χ2n) is 5.55. The van der Waals surface area contributed by atoms with Gasteiger partial charge in [0.1, 0.15) is 18.0 Å². The minimum atomic E-state index is 0.166. The number of nitriles is 2. The Kier molecular flexibility index (Phi) is 3.97. The number of halogens is 1. The van der Waals surface area contributed by atoms with Crippen LogP contribution in [0.15, 0.2) is 34.3 Å². The molecular weight excluding hydrogens is 364 g/mol. The summed E-state index contributed by atoms with van der Waals surface area (Å²) in [5.74, 6) is 0.166. The van der Waals surface area contributed by atoms with Gasteiger partial charge in [-0.2, -0.15) is 10.5 Å². The molecule has 1 aromatic heterocycles. The SMILES string of the molecule is CC1=C(C#N)c2nc(N)c(C#N)c(C)c2/C1=C/c1ccc(Br)cc1. The standard InChI is InChI=1S/C19H13BrN4/c1-10-14(7-12-3-5-13(20)6-4-12)17-11(2)16(9-22)19(23)24-18(17)15(10)8-21/h3-7H,1-2H3,(H2,23,24)/b14-7+. The molecule has 116 valence electrons. The molecule has 5 heteroatoms. The van der Waals surface area contributed by atoms with Crippen LogP contribution in [0.1, 0.15) is 34.9 Å². The lowest BCUT2D eigenvalue weighted by atomic mass is 9.95. The number of anilines is 1. The fourth-order valence-electron chi connectivity index (χ4n) is 2.92. The number of nitrogens with two attached hydrogens (primary N) is 1. The first kappa shape index (κ1) is 16.0. The molecule has 0 atom stereocenters. The summed E-state index contributed by atoms with van der Waals surface area (Å²) in [6, 6.07) is 12.2. The Morgan fingerprint density at radius 2 is 1.79 bits per heavy atom. The van der Waals surface area contributed by atoms with Crippen LogP contribution >= 0.6 is 15.9 Å². The van der Waals surface area contributed by atoms with E-state index in [1.54, 1.807) is 0 Å². The highest BCUT2D eigenvalue weighted by molar-refractivity contribution is 9.10. The van der Waals surface area contributed by atoms with E-state index in [1.165, 1.54) is 0 Å². The minimum Gasteiger partial charge on any atom is -0.383 e. The minimum absolute atomic E-state index is 0.166. The molecule has 1 aromatic carbocycles. The van der Waals surface area contributed by atoms with Gasteiger partial charge in [0, 0.05) is 10.0 Å². The van der Waals surface area contributed by atoms with Gasteiger partial charge in [-0.25, -0.2) is 4.98 Å². The topological polar surface area (TPSA) is 86.5 Å². The van der Waals surface area contributed by atoms with Gasteiger partial charge in [-0.1, -0.05) is 28.1 Å². The number of hydrogen-bond acceptors (Lipinski definition) is 4. The number of fused-ring (bicyclic) bond motifs is 1. The van der Waals surface area contributed by atoms with Crippen LogP contribution in [0.5, 0.6) is 0 Å². The highest BCUT2D eigenvalue weighted by Gasteiger charge is 2.29. The van der Waals surface area contributed by atoms with E-state index in [9.17, 15) is 10.5 Å². The van der Waals surface area contributed by atoms with Crippen molar-refractivity contribution in [3.05, 3.63) is 62.3 Å². The number of nitrogens with zero attached hydrogens (tertiary/aromatic N) is 3. The summed E-state index contributed by atoms with van der Waals surface area (Å²) in [5, 5.41) is 18.9. The normalized spacial score (nSPS) is 14.5. The molecule has 3 rings (SSSR count). The highest BCUT2D eigenvalue weighted by Crippen LogP contribution is 2.44. The van der Waals surface area contributed by atoms with Crippen LogP contribution in [0.3, 0.4) is 0 Å². The van der Waals surface area contributed by atoms with Crippen molar-refractivity contribution in [3.63, 3.8) is 0 Å². The van der Waals surface area contributed by atoms with Crippen molar-refractivity contribution in [1.29, 1.82) is 10.5 Å². The van der Waals surface area contributed by atoms with E-state index in [4.69, 9.17) is 5.73 Å². The smallest absolute Gasteiger partial charge is 0.142 e. The molecule has 1 aliphatic rings. The lowest BCUT2D eigenvalue weighted by Gasteiger charge is -2.11. The van der Waals surface area contributed by atoms with E-state index >= 15 is 0 Å². The molecular formula is C19H13BrN4. The zero-order chi connectivity index (χ0) is 17.4. The maximum atomic E-state index is 9.52. The third kappa shape index (κ3) is 2.40. The van der Waals surface area contributed by atoms with Crippen molar-refractivity contribution in [1.82, 2.24) is 4.98 Å². The molecule has 0 radical (unpaired) electrons. The van der Waals surface area contributed by atoms with Crippen LogP contribution < -0.4 is 5.73 Å². The van der Waals surface area contributed by atoms with Gasteiger partial charge in [0.2, 0.25) is 0 Å². The van der Waals surface area contributed by atoms with Gasteiger partial charge in [-0.05, 0) is 54.3 Å². The van der Waals surface area contributed by atoms with E-state index in [2.05, 4.69) is 33.1 Å². The largest absolute Gasteiger partial charge is 0.383 e. The summed E-state index contributed by atoms with van der Waals surface area (Å²) in [5.41, 5.74) is 11.7. The zero-order valence-electron chi connectivity index (χ0n) is 13.2. The molecule has 4 nitrogen and oxygen atoms in total. The molecule has 1 heterocycles. The van der Waals surface area contributed by atoms with Gasteiger partial charge in [-0.15, -0.1) is 0 Å². The summed E-state index contributed by atoms with van der Waals surface area (Å²) < 4.78 is 0.999. The molecule has 1 aliphatic carbocycles. The number of aromatic nitrogens is 1. The van der Waals surface area contributed by atoms with Crippen molar-refractivity contribution in [2.75, 3.05) is 5.73 Å². The average molecular weight is 377 g/mol. The summed E-state index contributed by atoms with van der Waals surface area (Å²) >= 11 is 3.42. The molecule has 0 aliphatic heterocycles. The van der Waals surface area contributed by atoms with Crippen LogP contribution in [0.4, 0.5) is 5.82 Å². The second-order valence-corrected chi connectivity index (χ2v) is 6.47. The monoisotopic (exact) mass is 376 g/mol. The van der Waals surface area contributed by atoms with Crippen molar-refractivity contribution >= 4 is 39.0 Å².